The summed E-state index contributed by atoms with van der Waals surface area (Å²) < 4.78 is 11.0. The zero-order valence-electron chi connectivity index (χ0n) is 15.6. The number of fused-ring (bicyclic) bond motifs is 1. The number of rotatable bonds is 5. The number of thiocarbonyl (C=S) groups is 1. The van der Waals surface area contributed by atoms with Crippen LogP contribution in [0.4, 0.5) is 5.69 Å². The van der Waals surface area contributed by atoms with E-state index in [1.54, 1.807) is 0 Å². The Hall–Kier alpha value is -2.24. The fraction of sp³-hybridized carbons (Fsp3) is 0.318. The molecule has 2 aliphatic rings. The van der Waals surface area contributed by atoms with E-state index in [1.165, 1.54) is 6.42 Å². The largest absolute Gasteiger partial charge is 0.454 e. The lowest BCUT2D eigenvalue weighted by atomic mass is 9.94. The number of para-hydroxylation sites is 1. The first-order valence-corrected chi connectivity index (χ1v) is 10.3. The predicted molar refractivity (Wildman–Crippen MR) is 117 cm³/mol. The molecule has 0 amide bonds. The van der Waals surface area contributed by atoms with Gasteiger partial charge in [-0.2, -0.15) is 0 Å². The number of ether oxygens (including phenoxy) is 2. The maximum absolute atomic E-state index is 6.31. The first-order chi connectivity index (χ1) is 13.7. The van der Waals surface area contributed by atoms with Crippen molar-refractivity contribution in [3.05, 3.63) is 65.2 Å². The van der Waals surface area contributed by atoms with Gasteiger partial charge in [-0.25, -0.2) is 0 Å². The highest BCUT2D eigenvalue weighted by molar-refractivity contribution is 7.80. The Balaban J connectivity index is 1.51. The number of hydrogen-bond donors (Lipinski definition) is 1. The number of benzene rings is 2. The van der Waals surface area contributed by atoms with Gasteiger partial charge in [0.05, 0.1) is 10.7 Å². The van der Waals surface area contributed by atoms with Gasteiger partial charge in [0.2, 0.25) is 6.79 Å². The maximum atomic E-state index is 6.31. The average Bonchev–Trinajstić information content (AvgIpc) is 3.18. The minimum Gasteiger partial charge on any atom is -0.454 e. The van der Waals surface area contributed by atoms with Crippen LogP contribution in [0.25, 0.3) is 0 Å². The first kappa shape index (κ1) is 19.1. The summed E-state index contributed by atoms with van der Waals surface area (Å²) in [5.74, 6) is 2.18. The molecule has 0 bridgehead atoms. The topological polar surface area (TPSA) is 33.7 Å². The van der Waals surface area contributed by atoms with Crippen molar-refractivity contribution < 1.29 is 9.47 Å². The Kier molecular flexibility index (Phi) is 6.03. The summed E-state index contributed by atoms with van der Waals surface area (Å²) >= 11 is 12.1. The van der Waals surface area contributed by atoms with Gasteiger partial charge in [-0.15, -0.1) is 0 Å². The van der Waals surface area contributed by atoms with Crippen LogP contribution >= 0.6 is 23.8 Å². The summed E-state index contributed by atoms with van der Waals surface area (Å²) in [4.78, 5) is 2.22. The van der Waals surface area contributed by atoms with Crippen LogP contribution < -0.4 is 14.8 Å². The molecule has 0 fully saturated rings. The molecule has 0 saturated carbocycles. The highest BCUT2D eigenvalue weighted by Crippen LogP contribution is 2.33. The van der Waals surface area contributed by atoms with Crippen LogP contribution in [0.15, 0.2) is 54.6 Å². The van der Waals surface area contributed by atoms with E-state index in [0.29, 0.717) is 22.6 Å². The summed E-state index contributed by atoms with van der Waals surface area (Å²) in [7, 11) is 0. The molecule has 4 nitrogen and oxygen atoms in total. The standard InChI is InChI=1S/C22H23ClN2O2S/c23-18-8-4-5-9-19(18)24-22(28)25(13-16-6-2-1-3-7-16)14-17-10-11-20-21(12-17)27-15-26-20/h1-2,4-5,8-12,16H,3,6-7,13-15H2,(H,24,28). The van der Waals surface area contributed by atoms with E-state index in [2.05, 4.69) is 28.4 Å². The molecular formula is C22H23ClN2O2S. The van der Waals surface area contributed by atoms with E-state index in [0.717, 1.165) is 42.1 Å². The molecule has 2 aromatic rings. The monoisotopic (exact) mass is 414 g/mol. The smallest absolute Gasteiger partial charge is 0.231 e. The highest BCUT2D eigenvalue weighted by Gasteiger charge is 2.20. The van der Waals surface area contributed by atoms with Crippen molar-refractivity contribution >= 4 is 34.6 Å². The number of nitrogens with zero attached hydrogens (tertiary/aromatic N) is 1. The van der Waals surface area contributed by atoms with E-state index < -0.39 is 0 Å². The second kappa shape index (κ2) is 8.84. The summed E-state index contributed by atoms with van der Waals surface area (Å²) in [6.07, 6.45) is 7.94. The van der Waals surface area contributed by atoms with Crippen LogP contribution in [0, 0.1) is 5.92 Å². The molecule has 1 aliphatic heterocycles. The molecule has 28 heavy (non-hydrogen) atoms. The molecule has 1 atom stereocenters. The molecule has 1 unspecified atom stereocenters. The molecule has 2 aromatic carbocycles. The van der Waals surface area contributed by atoms with E-state index in [-0.39, 0.29) is 6.79 Å². The molecule has 1 aliphatic carbocycles. The summed E-state index contributed by atoms with van der Waals surface area (Å²) in [6, 6.07) is 13.7. The van der Waals surface area contributed by atoms with Gasteiger partial charge >= 0.3 is 0 Å². The Labute approximate surface area is 176 Å². The van der Waals surface area contributed by atoms with Crippen molar-refractivity contribution in [1.29, 1.82) is 0 Å². The van der Waals surface area contributed by atoms with Crippen LogP contribution in [0.1, 0.15) is 24.8 Å². The number of allylic oxidation sites excluding steroid dienone is 2. The first-order valence-electron chi connectivity index (χ1n) is 9.53. The minimum atomic E-state index is 0.281. The third-order valence-electron chi connectivity index (χ3n) is 5.07. The molecule has 0 spiro atoms. The van der Waals surface area contributed by atoms with Gasteiger partial charge in [0, 0.05) is 13.1 Å². The van der Waals surface area contributed by atoms with Gasteiger partial charge in [0.25, 0.3) is 0 Å². The lowest BCUT2D eigenvalue weighted by molar-refractivity contribution is 0.174. The quantitative estimate of drug-likeness (QED) is 0.507. The minimum absolute atomic E-state index is 0.281. The molecule has 6 heteroatoms. The fourth-order valence-corrected chi connectivity index (χ4v) is 4.00. The second-order valence-electron chi connectivity index (χ2n) is 7.13. The van der Waals surface area contributed by atoms with Crippen molar-refractivity contribution in [3.63, 3.8) is 0 Å². The zero-order chi connectivity index (χ0) is 19.3. The molecule has 1 N–H and O–H groups in total. The third kappa shape index (κ3) is 4.59. The molecule has 4 rings (SSSR count). The van der Waals surface area contributed by atoms with Gasteiger partial charge in [0.1, 0.15) is 0 Å². The maximum Gasteiger partial charge on any atom is 0.231 e. The van der Waals surface area contributed by atoms with Gasteiger partial charge in [-0.3, -0.25) is 0 Å². The van der Waals surface area contributed by atoms with Gasteiger partial charge in [-0.1, -0.05) is 42.0 Å². The summed E-state index contributed by atoms with van der Waals surface area (Å²) in [5.41, 5.74) is 1.97. The lowest BCUT2D eigenvalue weighted by Crippen LogP contribution is -2.38. The van der Waals surface area contributed by atoms with Gasteiger partial charge in [-0.05, 0) is 67.2 Å². The van der Waals surface area contributed by atoms with Crippen molar-refractivity contribution in [2.75, 3.05) is 18.7 Å². The molecular weight excluding hydrogens is 392 g/mol. The third-order valence-corrected chi connectivity index (χ3v) is 5.76. The Morgan fingerprint density at radius 2 is 2.00 bits per heavy atom. The van der Waals surface area contributed by atoms with Gasteiger partial charge in [0.15, 0.2) is 16.6 Å². The van der Waals surface area contributed by atoms with E-state index in [9.17, 15) is 0 Å². The molecule has 146 valence electrons. The average molecular weight is 415 g/mol. The van der Waals surface area contributed by atoms with Crippen LogP contribution in [0.3, 0.4) is 0 Å². The van der Waals surface area contributed by atoms with Crippen molar-refractivity contribution in [2.45, 2.75) is 25.8 Å². The number of halogens is 1. The van der Waals surface area contributed by atoms with Crippen LogP contribution in [0.5, 0.6) is 11.5 Å². The highest BCUT2D eigenvalue weighted by atomic mass is 35.5. The van der Waals surface area contributed by atoms with Crippen LogP contribution in [-0.2, 0) is 6.54 Å². The fourth-order valence-electron chi connectivity index (χ4n) is 3.57. The number of hydrogen-bond acceptors (Lipinski definition) is 3. The molecule has 1 heterocycles. The normalized spacial score (nSPS) is 17.4. The molecule has 0 saturated heterocycles. The summed E-state index contributed by atoms with van der Waals surface area (Å²) in [6.45, 7) is 1.88. The molecule has 0 radical (unpaired) electrons. The zero-order valence-corrected chi connectivity index (χ0v) is 17.1. The predicted octanol–water partition coefficient (Wildman–Crippen LogP) is 5.62. The van der Waals surface area contributed by atoms with Crippen molar-refractivity contribution in [3.8, 4) is 11.5 Å². The lowest BCUT2D eigenvalue weighted by Gasteiger charge is -2.31. The number of anilines is 1. The van der Waals surface area contributed by atoms with E-state index >= 15 is 0 Å². The van der Waals surface area contributed by atoms with E-state index in [4.69, 9.17) is 33.3 Å². The van der Waals surface area contributed by atoms with Crippen molar-refractivity contribution in [1.82, 2.24) is 4.90 Å². The van der Waals surface area contributed by atoms with Crippen LogP contribution in [-0.4, -0.2) is 23.4 Å². The Bertz CT molecular complexity index is 887. The Morgan fingerprint density at radius 1 is 1.14 bits per heavy atom. The van der Waals surface area contributed by atoms with Crippen molar-refractivity contribution in [2.24, 2.45) is 5.92 Å². The van der Waals surface area contributed by atoms with Gasteiger partial charge < -0.3 is 19.7 Å². The second-order valence-corrected chi connectivity index (χ2v) is 7.92. The Morgan fingerprint density at radius 3 is 2.82 bits per heavy atom. The number of nitrogens with one attached hydrogen (secondary N) is 1. The van der Waals surface area contributed by atoms with Crippen LogP contribution in [0.2, 0.25) is 5.02 Å². The van der Waals surface area contributed by atoms with E-state index in [1.807, 2.05) is 36.4 Å². The summed E-state index contributed by atoms with van der Waals surface area (Å²) in [5, 5.41) is 4.67. The SMILES string of the molecule is S=C(Nc1ccccc1Cl)N(Cc1ccc2c(c1)OCO2)CC1CC=CCC1. The molecule has 0 aromatic heterocycles.